The minimum Gasteiger partial charge on any atom is -0.356 e. The number of benzene rings is 2. The van der Waals surface area contributed by atoms with Crippen LogP contribution < -0.4 is 10.6 Å². The quantitative estimate of drug-likeness (QED) is 0.123. The van der Waals surface area contributed by atoms with E-state index in [1.807, 2.05) is 0 Å². The van der Waals surface area contributed by atoms with E-state index in [0.29, 0.717) is 43.7 Å². The molecule has 0 atom stereocenters. The number of anilines is 2. The van der Waals surface area contributed by atoms with Crippen molar-refractivity contribution in [2.75, 3.05) is 21.3 Å². The van der Waals surface area contributed by atoms with Crippen molar-refractivity contribution in [2.45, 2.75) is 0 Å². The third-order valence-corrected chi connectivity index (χ3v) is 6.72. The van der Waals surface area contributed by atoms with Gasteiger partial charge in [0.15, 0.2) is 0 Å². The van der Waals surface area contributed by atoms with Crippen LogP contribution in [0.25, 0.3) is 22.3 Å². The summed E-state index contributed by atoms with van der Waals surface area (Å²) >= 11 is 18.7. The van der Waals surface area contributed by atoms with Gasteiger partial charge in [0.1, 0.15) is 0 Å². The molecule has 2 amide bonds. The average Bonchev–Trinajstić information content (AvgIpc) is 3.47. The molecular weight excluding hydrogens is 635 g/mol. The lowest BCUT2D eigenvalue weighted by Crippen LogP contribution is -2.13. The van der Waals surface area contributed by atoms with Crippen LogP contribution in [0.15, 0.2) is 60.9 Å². The summed E-state index contributed by atoms with van der Waals surface area (Å²) in [5, 5.41) is 6.71. The second-order valence-electron chi connectivity index (χ2n) is 7.62. The first-order valence-corrected chi connectivity index (χ1v) is 13.5. The smallest absolute Gasteiger partial charge is 0.235 e. The van der Waals surface area contributed by atoms with E-state index in [2.05, 4.69) is 52.5 Å². The van der Waals surface area contributed by atoms with Crippen LogP contribution in [-0.4, -0.2) is 38.2 Å². The maximum atomic E-state index is 14.0. The van der Waals surface area contributed by atoms with Gasteiger partial charge < -0.3 is 20.6 Å². The van der Waals surface area contributed by atoms with E-state index in [0.717, 1.165) is 0 Å². The molecule has 184 valence electrons. The molecule has 11 heteroatoms. The highest BCUT2D eigenvalue weighted by Crippen LogP contribution is 2.38. The van der Waals surface area contributed by atoms with Crippen molar-refractivity contribution in [1.29, 1.82) is 0 Å². The van der Waals surface area contributed by atoms with E-state index in [1.54, 1.807) is 60.9 Å². The lowest BCUT2D eigenvalue weighted by atomic mass is 9.97. The van der Waals surface area contributed by atoms with Crippen molar-refractivity contribution in [2.24, 2.45) is 0 Å². The van der Waals surface area contributed by atoms with Gasteiger partial charge in [-0.3, -0.25) is 14.4 Å². The normalized spacial score (nSPS) is 10.8. The SMILES string of the molecule is O=C(CBr)Nc1c[nH]c(C(=O)c2[nH]cc(NC(=O)CBr)c2-c2cccc(Cl)c2)c1-c1cccc(Cl)c1. The summed E-state index contributed by atoms with van der Waals surface area (Å²) in [6.07, 6.45) is 3.11. The second kappa shape index (κ2) is 11.5. The summed E-state index contributed by atoms with van der Waals surface area (Å²) in [7, 11) is 0. The first-order chi connectivity index (χ1) is 17.3. The highest BCUT2D eigenvalue weighted by molar-refractivity contribution is 9.09. The third kappa shape index (κ3) is 5.59. The van der Waals surface area contributed by atoms with Crippen LogP contribution in [0, 0.1) is 0 Å². The lowest BCUT2D eigenvalue weighted by molar-refractivity contribution is -0.114. The van der Waals surface area contributed by atoms with E-state index in [1.165, 1.54) is 0 Å². The number of aromatic amines is 2. The summed E-state index contributed by atoms with van der Waals surface area (Å²) in [5.74, 6) is -0.954. The monoisotopic (exact) mass is 650 g/mol. The molecule has 0 aliphatic carbocycles. The van der Waals surface area contributed by atoms with E-state index in [4.69, 9.17) is 23.2 Å². The van der Waals surface area contributed by atoms with Crippen LogP contribution in [-0.2, 0) is 9.59 Å². The average molecular weight is 653 g/mol. The summed E-state index contributed by atoms with van der Waals surface area (Å²) in [6, 6.07) is 14.0. The fourth-order valence-electron chi connectivity index (χ4n) is 3.78. The molecule has 2 aromatic heterocycles. The molecule has 0 fully saturated rings. The number of hydrogen-bond donors (Lipinski definition) is 4. The Balaban J connectivity index is 1.89. The number of halogens is 4. The van der Waals surface area contributed by atoms with Gasteiger partial charge in [-0.1, -0.05) is 79.3 Å². The number of hydrogen-bond acceptors (Lipinski definition) is 3. The van der Waals surface area contributed by atoms with Gasteiger partial charge in [0.05, 0.1) is 33.4 Å². The van der Waals surface area contributed by atoms with Crippen LogP contribution in [0.4, 0.5) is 11.4 Å². The van der Waals surface area contributed by atoms with Crippen molar-refractivity contribution in [3.63, 3.8) is 0 Å². The van der Waals surface area contributed by atoms with Gasteiger partial charge in [-0.05, 0) is 35.4 Å². The van der Waals surface area contributed by atoms with Crippen molar-refractivity contribution >= 4 is 84.0 Å². The molecule has 4 aromatic rings. The fourth-order valence-corrected chi connectivity index (χ4v) is 4.44. The Hall–Kier alpha value is -2.85. The van der Waals surface area contributed by atoms with E-state index < -0.39 is 5.78 Å². The Morgan fingerprint density at radius 2 is 1.14 bits per heavy atom. The first kappa shape index (κ1) is 26.2. The Morgan fingerprint density at radius 3 is 1.50 bits per heavy atom. The predicted octanol–water partition coefficient (Wildman–Crippen LogP) is 6.88. The summed E-state index contributed by atoms with van der Waals surface area (Å²) in [6.45, 7) is 0. The van der Waals surface area contributed by atoms with Gasteiger partial charge in [0.25, 0.3) is 0 Å². The van der Waals surface area contributed by atoms with Crippen LogP contribution in [0.3, 0.4) is 0 Å². The second-order valence-corrected chi connectivity index (χ2v) is 9.61. The number of carbonyl (C=O) groups is 3. The van der Waals surface area contributed by atoms with Gasteiger partial charge in [-0.15, -0.1) is 0 Å². The Labute approximate surface area is 233 Å². The number of alkyl halides is 2. The summed E-state index contributed by atoms with van der Waals surface area (Å²) < 4.78 is 0. The third-order valence-electron chi connectivity index (χ3n) is 5.23. The first-order valence-electron chi connectivity index (χ1n) is 10.5. The van der Waals surface area contributed by atoms with E-state index in [-0.39, 0.29) is 33.9 Å². The minimum absolute atomic E-state index is 0.0859. The van der Waals surface area contributed by atoms with Gasteiger partial charge in [-0.25, -0.2) is 0 Å². The standard InChI is InChI=1S/C25H18Br2Cl2N4O3/c26-9-19(34)32-17-11-30-23(21(17)13-3-1-5-15(28)7-13)25(36)24-22(14-4-2-6-16(29)8-14)18(12-31-24)33-20(35)10-27/h1-8,11-12,30-31H,9-10H2,(H,32,34)(H,33,35). The Kier molecular flexibility index (Phi) is 8.35. The Bertz CT molecular complexity index is 1360. The highest BCUT2D eigenvalue weighted by atomic mass is 79.9. The zero-order chi connectivity index (χ0) is 25.8. The van der Waals surface area contributed by atoms with E-state index in [9.17, 15) is 14.4 Å². The number of ketones is 1. The van der Waals surface area contributed by atoms with Crippen LogP contribution in [0.1, 0.15) is 16.2 Å². The number of rotatable bonds is 8. The molecule has 0 radical (unpaired) electrons. The van der Waals surface area contributed by atoms with Crippen molar-refractivity contribution in [3.8, 4) is 22.3 Å². The maximum absolute atomic E-state index is 14.0. The topological polar surface area (TPSA) is 107 Å². The zero-order valence-corrected chi connectivity index (χ0v) is 23.1. The molecule has 0 saturated carbocycles. The van der Waals surface area contributed by atoms with Crippen LogP contribution >= 0.6 is 55.1 Å². The van der Waals surface area contributed by atoms with Gasteiger partial charge in [0, 0.05) is 33.6 Å². The number of H-pyrrole nitrogens is 2. The molecule has 0 saturated heterocycles. The molecule has 7 nitrogen and oxygen atoms in total. The van der Waals surface area contributed by atoms with Gasteiger partial charge in [-0.2, -0.15) is 0 Å². The Morgan fingerprint density at radius 1 is 0.722 bits per heavy atom. The van der Waals surface area contributed by atoms with Crippen molar-refractivity contribution < 1.29 is 14.4 Å². The lowest BCUT2D eigenvalue weighted by Gasteiger charge is -2.11. The zero-order valence-electron chi connectivity index (χ0n) is 18.4. The van der Waals surface area contributed by atoms with E-state index >= 15 is 0 Å². The van der Waals surface area contributed by atoms with Crippen molar-refractivity contribution in [3.05, 3.63) is 82.4 Å². The van der Waals surface area contributed by atoms with Gasteiger partial charge in [0.2, 0.25) is 17.6 Å². The molecule has 2 aromatic carbocycles. The predicted molar refractivity (Wildman–Crippen MR) is 151 cm³/mol. The molecule has 4 rings (SSSR count). The number of aromatic nitrogens is 2. The number of amides is 2. The molecule has 0 aliphatic rings. The highest BCUT2D eigenvalue weighted by Gasteiger charge is 2.27. The summed E-state index contributed by atoms with van der Waals surface area (Å²) in [5.41, 5.74) is 3.55. The molecule has 2 heterocycles. The molecular formula is C25H18Br2Cl2N4O3. The van der Waals surface area contributed by atoms with Crippen LogP contribution in [0.2, 0.25) is 10.0 Å². The largest absolute Gasteiger partial charge is 0.356 e. The molecule has 36 heavy (non-hydrogen) atoms. The molecule has 0 aliphatic heterocycles. The number of carbonyl (C=O) groups excluding carboxylic acids is 3. The van der Waals surface area contributed by atoms with Gasteiger partial charge >= 0.3 is 0 Å². The maximum Gasteiger partial charge on any atom is 0.235 e. The number of nitrogens with one attached hydrogen (secondary N) is 4. The molecule has 0 unspecified atom stereocenters. The molecule has 0 bridgehead atoms. The molecule has 0 spiro atoms. The minimum atomic E-state index is -0.390. The fraction of sp³-hybridized carbons (Fsp3) is 0.0800. The van der Waals surface area contributed by atoms with Crippen LogP contribution in [0.5, 0.6) is 0 Å². The summed E-state index contributed by atoms with van der Waals surface area (Å²) in [4.78, 5) is 44.3. The van der Waals surface area contributed by atoms with Crippen molar-refractivity contribution in [1.82, 2.24) is 9.97 Å². The molecule has 4 N–H and O–H groups in total.